The maximum absolute atomic E-state index is 13.6. The number of hydrogen-bond acceptors (Lipinski definition) is 7. The van der Waals surface area contributed by atoms with Gasteiger partial charge in [-0.1, -0.05) is 36.3 Å². The van der Waals surface area contributed by atoms with Gasteiger partial charge in [0.1, 0.15) is 18.0 Å². The first-order chi connectivity index (χ1) is 17.5. The Labute approximate surface area is 206 Å². The molecule has 0 aliphatic carbocycles. The molecule has 36 heavy (non-hydrogen) atoms. The van der Waals surface area contributed by atoms with Crippen molar-refractivity contribution in [1.82, 2.24) is 19.3 Å². The van der Waals surface area contributed by atoms with Crippen LogP contribution in [0.4, 0.5) is 0 Å². The van der Waals surface area contributed by atoms with Gasteiger partial charge in [0.15, 0.2) is 0 Å². The summed E-state index contributed by atoms with van der Waals surface area (Å²) in [5.74, 6) is 1.67. The van der Waals surface area contributed by atoms with E-state index >= 15 is 0 Å². The van der Waals surface area contributed by atoms with Gasteiger partial charge in [-0.25, -0.2) is 9.36 Å². The number of hydrogen-bond donors (Lipinski definition) is 0. The Morgan fingerprint density at radius 1 is 0.944 bits per heavy atom. The Morgan fingerprint density at radius 2 is 1.72 bits per heavy atom. The number of rotatable bonds is 7. The zero-order valence-electron chi connectivity index (χ0n) is 20.1. The third kappa shape index (κ3) is 4.04. The lowest BCUT2D eigenvalue weighted by molar-refractivity contribution is 0.369. The van der Waals surface area contributed by atoms with Gasteiger partial charge in [-0.05, 0) is 48.4 Å². The number of para-hydroxylation sites is 1. The summed E-state index contributed by atoms with van der Waals surface area (Å²) in [6.45, 7) is 2.03. The van der Waals surface area contributed by atoms with Gasteiger partial charge in [0, 0.05) is 6.07 Å². The van der Waals surface area contributed by atoms with E-state index in [1.807, 2.05) is 19.1 Å². The number of fused-ring (bicyclic) bond motifs is 1. The van der Waals surface area contributed by atoms with Crippen molar-refractivity contribution >= 4 is 10.9 Å². The normalized spacial score (nSPS) is 11.1. The second kappa shape index (κ2) is 9.53. The van der Waals surface area contributed by atoms with Crippen LogP contribution in [0.3, 0.4) is 0 Å². The van der Waals surface area contributed by atoms with E-state index in [0.29, 0.717) is 39.5 Å². The third-order valence-corrected chi connectivity index (χ3v) is 6.06. The average Bonchev–Trinajstić information content (AvgIpc) is 3.39. The van der Waals surface area contributed by atoms with Crippen molar-refractivity contribution in [3.05, 3.63) is 99.0 Å². The van der Waals surface area contributed by atoms with Crippen LogP contribution in [0.15, 0.2) is 80.8 Å². The lowest BCUT2D eigenvalue weighted by Crippen LogP contribution is -2.39. The highest BCUT2D eigenvalue weighted by molar-refractivity contribution is 5.78. The fraction of sp³-hybridized carbons (Fsp3) is 0.185. The minimum Gasteiger partial charge on any atom is -0.497 e. The van der Waals surface area contributed by atoms with Gasteiger partial charge >= 0.3 is 5.69 Å². The Kier molecular flexibility index (Phi) is 6.12. The molecule has 182 valence electrons. The number of nitrogens with zero attached hydrogens (tertiary/aromatic N) is 4. The maximum Gasteiger partial charge on any atom is 0.336 e. The van der Waals surface area contributed by atoms with E-state index in [2.05, 4.69) is 10.1 Å². The van der Waals surface area contributed by atoms with Gasteiger partial charge in [0.2, 0.25) is 11.7 Å². The minimum atomic E-state index is -0.496. The van der Waals surface area contributed by atoms with Crippen LogP contribution in [0.2, 0.25) is 0 Å². The molecule has 0 bridgehead atoms. The van der Waals surface area contributed by atoms with Crippen molar-refractivity contribution in [2.45, 2.75) is 19.9 Å². The van der Waals surface area contributed by atoms with Crippen molar-refractivity contribution in [1.29, 1.82) is 0 Å². The summed E-state index contributed by atoms with van der Waals surface area (Å²) in [7, 11) is 3.11. The van der Waals surface area contributed by atoms with Crippen LogP contribution in [0.25, 0.3) is 28.0 Å². The monoisotopic (exact) mass is 484 g/mol. The molecule has 0 aliphatic rings. The molecule has 9 heteroatoms. The first-order valence-corrected chi connectivity index (χ1v) is 11.4. The second-order valence-corrected chi connectivity index (χ2v) is 8.12. The largest absolute Gasteiger partial charge is 0.497 e. The van der Waals surface area contributed by atoms with E-state index in [-0.39, 0.29) is 18.0 Å². The molecule has 0 saturated heterocycles. The molecular weight excluding hydrogens is 460 g/mol. The Morgan fingerprint density at radius 3 is 2.44 bits per heavy atom. The predicted octanol–water partition coefficient (Wildman–Crippen LogP) is 3.83. The smallest absolute Gasteiger partial charge is 0.336 e. The molecule has 5 aromatic rings. The summed E-state index contributed by atoms with van der Waals surface area (Å²) >= 11 is 0. The maximum atomic E-state index is 13.6. The molecule has 0 fully saturated rings. The number of benzene rings is 3. The molecule has 0 unspecified atom stereocenters. The van der Waals surface area contributed by atoms with Crippen molar-refractivity contribution in [3.63, 3.8) is 0 Å². The van der Waals surface area contributed by atoms with Gasteiger partial charge < -0.3 is 14.0 Å². The molecule has 0 amide bonds. The summed E-state index contributed by atoms with van der Waals surface area (Å²) in [5.41, 5.74) is 1.83. The molecule has 0 radical (unpaired) electrons. The van der Waals surface area contributed by atoms with Crippen LogP contribution >= 0.6 is 0 Å². The minimum absolute atomic E-state index is 0.0157. The van der Waals surface area contributed by atoms with Gasteiger partial charge in [0.05, 0.1) is 36.4 Å². The number of ether oxygens (including phenoxy) is 2. The quantitative estimate of drug-likeness (QED) is 0.346. The highest BCUT2D eigenvalue weighted by Crippen LogP contribution is 2.31. The molecule has 0 aliphatic heterocycles. The van der Waals surface area contributed by atoms with E-state index in [1.54, 1.807) is 68.8 Å². The summed E-state index contributed by atoms with van der Waals surface area (Å²) in [6.07, 6.45) is 0.857. The fourth-order valence-corrected chi connectivity index (χ4v) is 4.13. The van der Waals surface area contributed by atoms with E-state index in [4.69, 9.17) is 14.0 Å². The van der Waals surface area contributed by atoms with E-state index in [1.165, 1.54) is 9.13 Å². The van der Waals surface area contributed by atoms with Crippen molar-refractivity contribution < 1.29 is 14.0 Å². The van der Waals surface area contributed by atoms with Crippen molar-refractivity contribution in [2.75, 3.05) is 14.2 Å². The number of aromatic nitrogens is 4. The molecule has 3 aromatic carbocycles. The molecule has 0 N–H and O–H groups in total. The van der Waals surface area contributed by atoms with Crippen LogP contribution in [0.5, 0.6) is 11.5 Å². The van der Waals surface area contributed by atoms with Crippen LogP contribution in [0.1, 0.15) is 18.4 Å². The summed E-state index contributed by atoms with van der Waals surface area (Å²) < 4.78 is 18.8. The van der Waals surface area contributed by atoms with Crippen LogP contribution < -0.4 is 20.7 Å². The van der Waals surface area contributed by atoms with E-state index in [0.717, 1.165) is 12.0 Å². The first-order valence-electron chi connectivity index (χ1n) is 11.4. The molecule has 0 spiro atoms. The topological polar surface area (TPSA) is 101 Å². The lowest BCUT2D eigenvalue weighted by Gasteiger charge is -2.13. The lowest BCUT2D eigenvalue weighted by atomic mass is 10.1. The number of aryl methyl sites for hydroxylation is 1. The number of methoxy groups -OCH3 is 2. The average molecular weight is 485 g/mol. The highest BCUT2D eigenvalue weighted by Gasteiger charge is 2.19. The summed E-state index contributed by atoms with van der Waals surface area (Å²) in [6, 6.07) is 19.6. The Hall–Kier alpha value is -4.66. The molecule has 2 aromatic heterocycles. The summed E-state index contributed by atoms with van der Waals surface area (Å²) in [5, 5.41) is 4.49. The van der Waals surface area contributed by atoms with Gasteiger partial charge in [-0.15, -0.1) is 0 Å². The zero-order chi connectivity index (χ0) is 25.2. The Bertz CT molecular complexity index is 1660. The molecule has 9 nitrogen and oxygen atoms in total. The second-order valence-electron chi connectivity index (χ2n) is 8.12. The molecule has 5 rings (SSSR count). The zero-order valence-corrected chi connectivity index (χ0v) is 20.1. The van der Waals surface area contributed by atoms with Crippen LogP contribution in [-0.2, 0) is 13.0 Å². The Balaban J connectivity index is 1.61. The molecular formula is C27H24N4O5. The van der Waals surface area contributed by atoms with Gasteiger partial charge in [-0.2, -0.15) is 4.98 Å². The van der Waals surface area contributed by atoms with Crippen molar-refractivity contribution in [2.24, 2.45) is 0 Å². The third-order valence-electron chi connectivity index (χ3n) is 6.06. The molecule has 0 atom stereocenters. The predicted molar refractivity (Wildman–Crippen MR) is 135 cm³/mol. The van der Waals surface area contributed by atoms with E-state index in [9.17, 15) is 9.59 Å². The van der Waals surface area contributed by atoms with Crippen LogP contribution in [0, 0.1) is 0 Å². The van der Waals surface area contributed by atoms with Gasteiger partial charge in [0.25, 0.3) is 5.56 Å². The molecule has 2 heterocycles. The first kappa shape index (κ1) is 23.1. The van der Waals surface area contributed by atoms with Crippen LogP contribution in [-0.4, -0.2) is 33.5 Å². The highest BCUT2D eigenvalue weighted by atomic mass is 16.5. The van der Waals surface area contributed by atoms with Crippen molar-refractivity contribution in [3.8, 4) is 28.6 Å². The standard InChI is InChI=1S/C27H24N4O5/c1-4-17-9-11-18(12-10-17)31-26(32)20-7-5-6-8-22(20)30(27(31)33)16-24-28-25(29-36-24)21-14-13-19(34-2)15-23(21)35-3/h5-15H,4,16H2,1-3H3. The summed E-state index contributed by atoms with van der Waals surface area (Å²) in [4.78, 5) is 31.4. The fourth-order valence-electron chi connectivity index (χ4n) is 4.13. The SMILES string of the molecule is CCc1ccc(-n2c(=O)c3ccccc3n(Cc3nc(-c4ccc(OC)cc4OC)no3)c2=O)cc1. The molecule has 0 saturated carbocycles. The van der Waals surface area contributed by atoms with Gasteiger partial charge in [-0.3, -0.25) is 9.36 Å². The van der Waals surface area contributed by atoms with E-state index < -0.39 is 5.69 Å².